The third-order valence-corrected chi connectivity index (χ3v) is 4.11. The number of rotatable bonds is 3. The van der Waals surface area contributed by atoms with Crippen molar-refractivity contribution in [2.24, 2.45) is 0 Å². The number of pyridine rings is 1. The molecule has 0 atom stereocenters. The van der Waals surface area contributed by atoms with Crippen LogP contribution in [-0.2, 0) is 16.4 Å². The Morgan fingerprint density at radius 2 is 1.95 bits per heavy atom. The summed E-state index contributed by atoms with van der Waals surface area (Å²) in [5.41, 5.74) is 4.15. The first kappa shape index (κ1) is 13.7. The number of nitrogens with zero attached hydrogens (tertiary/aromatic N) is 3. The first-order valence-corrected chi connectivity index (χ1v) is 7.83. The summed E-state index contributed by atoms with van der Waals surface area (Å²) in [5, 5.41) is 4.09. The van der Waals surface area contributed by atoms with Gasteiger partial charge in [0.2, 0.25) is 0 Å². The van der Waals surface area contributed by atoms with Crippen molar-refractivity contribution < 1.29 is 8.42 Å². The molecule has 2 aromatic rings. The van der Waals surface area contributed by atoms with Crippen LogP contribution in [0.5, 0.6) is 0 Å². The van der Waals surface area contributed by atoms with Crippen molar-refractivity contribution >= 4 is 9.84 Å². The predicted octanol–water partition coefficient (Wildman–Crippen LogP) is 1.66. The second-order valence-electron chi connectivity index (χ2n) is 4.79. The van der Waals surface area contributed by atoms with E-state index in [2.05, 4.69) is 10.1 Å². The summed E-state index contributed by atoms with van der Waals surface area (Å²) in [7, 11) is -3.20. The highest BCUT2D eigenvalue weighted by atomic mass is 32.2. The molecule has 102 valence electrons. The zero-order chi connectivity index (χ0) is 14.2. The van der Waals surface area contributed by atoms with Gasteiger partial charge >= 0.3 is 0 Å². The van der Waals surface area contributed by atoms with Crippen LogP contribution in [0.15, 0.2) is 23.4 Å². The maximum Gasteiger partial charge on any atom is 0.178 e. The molecule has 0 aliphatic heterocycles. The first-order chi connectivity index (χ1) is 8.77. The smallest absolute Gasteiger partial charge is 0.178 e. The molecule has 0 saturated heterocycles. The van der Waals surface area contributed by atoms with Crippen molar-refractivity contribution in [2.75, 3.05) is 6.26 Å². The molecule has 0 aromatic carbocycles. The van der Waals surface area contributed by atoms with Crippen LogP contribution in [0.3, 0.4) is 0 Å². The average molecular weight is 279 g/mol. The minimum atomic E-state index is -3.20. The van der Waals surface area contributed by atoms with Gasteiger partial charge in [-0.3, -0.25) is 9.67 Å². The molecule has 0 fully saturated rings. The Bertz CT molecular complexity index is 694. The second-order valence-corrected chi connectivity index (χ2v) is 6.81. The van der Waals surface area contributed by atoms with Gasteiger partial charge in [0, 0.05) is 23.8 Å². The summed E-state index contributed by atoms with van der Waals surface area (Å²) in [6, 6.07) is 2.02. The molecule has 0 aliphatic carbocycles. The molecule has 2 rings (SSSR count). The molecule has 0 radical (unpaired) electrons. The van der Waals surface area contributed by atoms with Crippen LogP contribution in [0.4, 0.5) is 0 Å². The van der Waals surface area contributed by atoms with Gasteiger partial charge in [-0.25, -0.2) is 8.42 Å². The van der Waals surface area contributed by atoms with Crippen LogP contribution in [0.2, 0.25) is 0 Å². The fraction of sp³-hybridized carbons (Fsp3) is 0.385. The molecule has 0 aliphatic rings. The van der Waals surface area contributed by atoms with Crippen LogP contribution in [0.25, 0.3) is 0 Å². The number of aromatic nitrogens is 3. The molecule has 0 N–H and O–H groups in total. The lowest BCUT2D eigenvalue weighted by atomic mass is 10.1. The number of hydrogen-bond acceptors (Lipinski definition) is 4. The molecule has 5 nitrogen and oxygen atoms in total. The van der Waals surface area contributed by atoms with Crippen molar-refractivity contribution in [3.63, 3.8) is 0 Å². The molecule has 0 bridgehead atoms. The Hall–Kier alpha value is -1.69. The van der Waals surface area contributed by atoms with Crippen LogP contribution in [-0.4, -0.2) is 29.4 Å². The van der Waals surface area contributed by atoms with E-state index in [0.717, 1.165) is 22.5 Å². The maximum absolute atomic E-state index is 11.4. The Morgan fingerprint density at radius 3 is 2.47 bits per heavy atom. The molecule has 0 saturated carbocycles. The molecular weight excluding hydrogens is 262 g/mol. The molecule has 19 heavy (non-hydrogen) atoms. The Morgan fingerprint density at radius 1 is 1.26 bits per heavy atom. The van der Waals surface area contributed by atoms with Crippen molar-refractivity contribution in [2.45, 2.75) is 32.2 Å². The van der Waals surface area contributed by atoms with Gasteiger partial charge in [-0.1, -0.05) is 0 Å². The third-order valence-electron chi connectivity index (χ3n) is 3.04. The quantitative estimate of drug-likeness (QED) is 0.857. The summed E-state index contributed by atoms with van der Waals surface area (Å²) in [6.45, 7) is 6.47. The summed E-state index contributed by atoms with van der Waals surface area (Å²) < 4.78 is 24.5. The number of hydrogen-bond donors (Lipinski definition) is 0. The molecule has 2 aromatic heterocycles. The number of sulfone groups is 1. The van der Waals surface area contributed by atoms with E-state index in [4.69, 9.17) is 0 Å². The second kappa shape index (κ2) is 4.77. The summed E-state index contributed by atoms with van der Waals surface area (Å²) in [5.74, 6) is 0. The monoisotopic (exact) mass is 279 g/mol. The minimum Gasteiger partial charge on any atom is -0.267 e. The van der Waals surface area contributed by atoms with E-state index in [9.17, 15) is 8.42 Å². The van der Waals surface area contributed by atoms with Crippen molar-refractivity contribution in [3.8, 4) is 0 Å². The average Bonchev–Trinajstić information content (AvgIpc) is 2.71. The van der Waals surface area contributed by atoms with E-state index < -0.39 is 9.84 Å². The molecule has 6 heteroatoms. The molecule has 2 heterocycles. The van der Waals surface area contributed by atoms with Crippen LogP contribution >= 0.6 is 0 Å². The van der Waals surface area contributed by atoms with Gasteiger partial charge in [-0.05, 0) is 38.0 Å². The fourth-order valence-corrected chi connectivity index (χ4v) is 2.63. The summed E-state index contributed by atoms with van der Waals surface area (Å²) in [4.78, 5) is 4.67. The van der Waals surface area contributed by atoms with Crippen molar-refractivity contribution in [1.82, 2.24) is 14.8 Å². The van der Waals surface area contributed by atoms with E-state index in [-0.39, 0.29) is 4.90 Å². The largest absolute Gasteiger partial charge is 0.267 e. The molecule has 0 unspecified atom stereocenters. The highest BCUT2D eigenvalue weighted by molar-refractivity contribution is 7.90. The normalized spacial score (nSPS) is 11.8. The van der Waals surface area contributed by atoms with Crippen LogP contribution in [0.1, 0.15) is 22.5 Å². The van der Waals surface area contributed by atoms with E-state index in [1.807, 2.05) is 26.8 Å². The van der Waals surface area contributed by atoms with Crippen LogP contribution in [0, 0.1) is 20.8 Å². The van der Waals surface area contributed by atoms with Gasteiger partial charge < -0.3 is 0 Å². The van der Waals surface area contributed by atoms with Gasteiger partial charge in [0.25, 0.3) is 0 Å². The predicted molar refractivity (Wildman–Crippen MR) is 72.9 cm³/mol. The van der Waals surface area contributed by atoms with Gasteiger partial charge in [0.15, 0.2) is 9.84 Å². The van der Waals surface area contributed by atoms with Gasteiger partial charge in [0.1, 0.15) is 4.90 Å². The zero-order valence-corrected chi connectivity index (χ0v) is 12.3. The fourth-order valence-electron chi connectivity index (χ4n) is 2.07. The summed E-state index contributed by atoms with van der Waals surface area (Å²) >= 11 is 0. The Kier molecular flexibility index (Phi) is 3.45. The third kappa shape index (κ3) is 3.01. The highest BCUT2D eigenvalue weighted by Crippen LogP contribution is 2.15. The SMILES string of the molecule is Cc1cc(C)c(Cn2cc(S(C)(=O)=O)cn2)c(C)n1. The lowest BCUT2D eigenvalue weighted by Gasteiger charge is -2.10. The number of aryl methyl sites for hydroxylation is 3. The van der Waals surface area contributed by atoms with Gasteiger partial charge in [0.05, 0.1) is 12.7 Å². The molecular formula is C13H17N3O2S. The van der Waals surface area contributed by atoms with Gasteiger partial charge in [-0.15, -0.1) is 0 Å². The zero-order valence-electron chi connectivity index (χ0n) is 11.5. The first-order valence-electron chi connectivity index (χ1n) is 5.93. The van der Waals surface area contributed by atoms with E-state index >= 15 is 0 Å². The van der Waals surface area contributed by atoms with Gasteiger partial charge in [-0.2, -0.15) is 5.10 Å². The van der Waals surface area contributed by atoms with Crippen molar-refractivity contribution in [3.05, 3.63) is 41.0 Å². The Balaban J connectivity index is 2.35. The lowest BCUT2D eigenvalue weighted by molar-refractivity contribution is 0.601. The van der Waals surface area contributed by atoms with E-state index in [1.54, 1.807) is 10.9 Å². The molecule has 0 spiro atoms. The van der Waals surface area contributed by atoms with E-state index in [1.165, 1.54) is 12.5 Å². The lowest BCUT2D eigenvalue weighted by Crippen LogP contribution is -2.06. The Labute approximate surface area is 113 Å². The highest BCUT2D eigenvalue weighted by Gasteiger charge is 2.12. The maximum atomic E-state index is 11.4. The van der Waals surface area contributed by atoms with Crippen LogP contribution < -0.4 is 0 Å². The van der Waals surface area contributed by atoms with E-state index in [0.29, 0.717) is 6.54 Å². The standard InChI is InChI=1S/C13H17N3O2S/c1-9-5-10(2)15-11(3)13(9)8-16-7-12(6-14-16)19(4,17)18/h5-7H,8H2,1-4H3. The van der Waals surface area contributed by atoms with Crippen molar-refractivity contribution in [1.29, 1.82) is 0 Å². The topological polar surface area (TPSA) is 64.8 Å². The molecule has 0 amide bonds. The summed E-state index contributed by atoms with van der Waals surface area (Å²) in [6.07, 6.45) is 4.11. The minimum absolute atomic E-state index is 0.239.